The zero-order chi connectivity index (χ0) is 11.4. The van der Waals surface area contributed by atoms with Crippen LogP contribution in [0, 0.1) is 0 Å². The summed E-state index contributed by atoms with van der Waals surface area (Å²) < 4.78 is 4.43. The van der Waals surface area contributed by atoms with Crippen molar-refractivity contribution in [2.45, 2.75) is 13.0 Å². The number of nitrogens with zero attached hydrogens (tertiary/aromatic N) is 2. The summed E-state index contributed by atoms with van der Waals surface area (Å²) in [6.45, 7) is 1.49. The van der Waals surface area contributed by atoms with E-state index < -0.39 is 17.9 Å². The van der Waals surface area contributed by atoms with Crippen LogP contribution in [-0.4, -0.2) is 40.2 Å². The van der Waals surface area contributed by atoms with Gasteiger partial charge in [0.15, 0.2) is 0 Å². The number of hydrogen-bond donors (Lipinski definition) is 3. The smallest absolute Gasteiger partial charge is 0.328 e. The van der Waals surface area contributed by atoms with Crippen molar-refractivity contribution in [3.63, 3.8) is 0 Å². The van der Waals surface area contributed by atoms with Gasteiger partial charge in [0.25, 0.3) is 5.91 Å². The molecule has 1 unspecified atom stereocenters. The minimum atomic E-state index is -0.756. The van der Waals surface area contributed by atoms with Crippen LogP contribution in [0.15, 0.2) is 0 Å². The third-order valence-corrected chi connectivity index (χ3v) is 1.62. The minimum absolute atomic E-state index is 0.0362. The monoisotopic (exact) mass is 213 g/mol. The average Bonchev–Trinajstić information content (AvgIpc) is 2.63. The van der Waals surface area contributed by atoms with Crippen LogP contribution in [-0.2, 0) is 9.53 Å². The van der Waals surface area contributed by atoms with Crippen LogP contribution in [0.4, 0.5) is 5.95 Å². The maximum atomic E-state index is 11.4. The van der Waals surface area contributed by atoms with E-state index in [4.69, 9.17) is 5.73 Å². The van der Waals surface area contributed by atoms with Crippen molar-refractivity contribution in [1.29, 1.82) is 0 Å². The van der Waals surface area contributed by atoms with Gasteiger partial charge in [0.1, 0.15) is 6.04 Å². The highest BCUT2D eigenvalue weighted by Gasteiger charge is 2.18. The van der Waals surface area contributed by atoms with Crippen LogP contribution in [0.25, 0.3) is 0 Å². The molecule has 0 saturated carbocycles. The molecule has 0 aliphatic carbocycles. The van der Waals surface area contributed by atoms with E-state index in [1.807, 2.05) is 0 Å². The Morgan fingerprint density at radius 3 is 2.73 bits per heavy atom. The molecule has 82 valence electrons. The first-order valence-corrected chi connectivity index (χ1v) is 4.11. The molecule has 0 radical (unpaired) electrons. The summed E-state index contributed by atoms with van der Waals surface area (Å²) in [5, 5.41) is 8.15. The molecular weight excluding hydrogens is 202 g/mol. The fraction of sp³-hybridized carbons (Fsp3) is 0.429. The third-order valence-electron chi connectivity index (χ3n) is 1.62. The first-order valence-electron chi connectivity index (χ1n) is 4.11. The fourth-order valence-electron chi connectivity index (χ4n) is 0.877. The van der Waals surface area contributed by atoms with Gasteiger partial charge in [-0.25, -0.2) is 4.79 Å². The number of esters is 1. The number of aromatic nitrogens is 3. The molecule has 15 heavy (non-hydrogen) atoms. The topological polar surface area (TPSA) is 123 Å². The van der Waals surface area contributed by atoms with Crippen molar-refractivity contribution >= 4 is 17.8 Å². The second-order valence-electron chi connectivity index (χ2n) is 2.76. The molecule has 1 aromatic heterocycles. The van der Waals surface area contributed by atoms with Crippen LogP contribution in [0.1, 0.15) is 17.5 Å². The quantitative estimate of drug-likeness (QED) is 0.535. The van der Waals surface area contributed by atoms with Gasteiger partial charge < -0.3 is 15.8 Å². The lowest BCUT2D eigenvalue weighted by Gasteiger charge is -2.09. The summed E-state index contributed by atoms with van der Waals surface area (Å²) in [6.07, 6.45) is 0. The second-order valence-corrected chi connectivity index (χ2v) is 2.76. The number of H-pyrrole nitrogens is 1. The molecule has 1 aromatic rings. The van der Waals surface area contributed by atoms with E-state index in [0.29, 0.717) is 0 Å². The number of nitrogen functional groups attached to an aromatic ring is 1. The molecule has 0 spiro atoms. The van der Waals surface area contributed by atoms with E-state index in [-0.39, 0.29) is 11.8 Å². The Labute approximate surface area is 85.2 Å². The normalized spacial score (nSPS) is 11.9. The molecule has 0 bridgehead atoms. The molecule has 0 saturated heterocycles. The molecule has 1 heterocycles. The number of carbonyl (C=O) groups excluding carboxylic acids is 2. The predicted molar refractivity (Wildman–Crippen MR) is 49.7 cm³/mol. The number of nitrogens with one attached hydrogen (secondary N) is 2. The largest absolute Gasteiger partial charge is 0.467 e. The van der Waals surface area contributed by atoms with Gasteiger partial charge in [0, 0.05) is 0 Å². The SMILES string of the molecule is COC(=O)C(C)NC(=O)c1nc(N)n[nH]1. The Balaban J connectivity index is 2.60. The van der Waals surface area contributed by atoms with Gasteiger partial charge in [-0.2, -0.15) is 4.98 Å². The Kier molecular flexibility index (Phi) is 3.21. The summed E-state index contributed by atoms with van der Waals surface area (Å²) in [6, 6.07) is -0.756. The molecule has 1 atom stereocenters. The lowest BCUT2D eigenvalue weighted by molar-refractivity contribution is -0.142. The van der Waals surface area contributed by atoms with E-state index in [0.717, 1.165) is 0 Å². The minimum Gasteiger partial charge on any atom is -0.467 e. The van der Waals surface area contributed by atoms with Gasteiger partial charge >= 0.3 is 5.97 Å². The lowest BCUT2D eigenvalue weighted by atomic mass is 10.3. The number of carbonyl (C=O) groups is 2. The van der Waals surface area contributed by atoms with Crippen molar-refractivity contribution < 1.29 is 14.3 Å². The molecule has 0 aromatic carbocycles. The molecule has 8 nitrogen and oxygen atoms in total. The molecule has 1 rings (SSSR count). The predicted octanol–water partition coefficient (Wildman–Crippen LogP) is -1.32. The second kappa shape index (κ2) is 4.40. The summed E-state index contributed by atoms with van der Waals surface area (Å²) in [5.74, 6) is -1.21. The molecule has 1 amide bonds. The molecule has 0 aliphatic rings. The van der Waals surface area contributed by atoms with Crippen molar-refractivity contribution in [3.05, 3.63) is 5.82 Å². The number of aromatic amines is 1. The van der Waals surface area contributed by atoms with Gasteiger partial charge in [-0.05, 0) is 6.92 Å². The van der Waals surface area contributed by atoms with Crippen molar-refractivity contribution in [1.82, 2.24) is 20.5 Å². The number of hydrogen-bond acceptors (Lipinski definition) is 6. The number of nitrogens with two attached hydrogens (primary N) is 1. The summed E-state index contributed by atoms with van der Waals surface area (Å²) in [7, 11) is 1.23. The molecule has 8 heteroatoms. The highest BCUT2D eigenvalue weighted by molar-refractivity contribution is 5.93. The van der Waals surface area contributed by atoms with Crippen molar-refractivity contribution in [2.75, 3.05) is 12.8 Å². The zero-order valence-corrected chi connectivity index (χ0v) is 8.27. The Bertz CT molecular complexity index is 374. The first-order chi connectivity index (χ1) is 7.04. The van der Waals surface area contributed by atoms with Gasteiger partial charge in [-0.1, -0.05) is 0 Å². The zero-order valence-electron chi connectivity index (χ0n) is 8.27. The summed E-state index contributed by atoms with van der Waals surface area (Å²) in [5.41, 5.74) is 5.21. The third kappa shape index (κ3) is 2.66. The van der Waals surface area contributed by atoms with Gasteiger partial charge in [-0.3, -0.25) is 9.89 Å². The average molecular weight is 213 g/mol. The van der Waals surface area contributed by atoms with Crippen LogP contribution in [0.5, 0.6) is 0 Å². The maximum Gasteiger partial charge on any atom is 0.328 e. The number of rotatable bonds is 3. The number of methoxy groups -OCH3 is 1. The fourth-order valence-corrected chi connectivity index (χ4v) is 0.877. The maximum absolute atomic E-state index is 11.4. The van der Waals surface area contributed by atoms with E-state index in [1.54, 1.807) is 0 Å². The van der Waals surface area contributed by atoms with Gasteiger partial charge in [0.05, 0.1) is 7.11 Å². The molecule has 0 aliphatic heterocycles. The van der Waals surface area contributed by atoms with E-state index in [1.165, 1.54) is 14.0 Å². The Morgan fingerprint density at radius 1 is 1.60 bits per heavy atom. The highest BCUT2D eigenvalue weighted by Crippen LogP contribution is 1.94. The highest BCUT2D eigenvalue weighted by atomic mass is 16.5. The standard InChI is InChI=1S/C7H11N5O3/c1-3(6(14)15-2)9-5(13)4-10-7(8)12-11-4/h3H,1-2H3,(H,9,13)(H3,8,10,11,12). The van der Waals surface area contributed by atoms with Crippen LogP contribution in [0.2, 0.25) is 0 Å². The van der Waals surface area contributed by atoms with Crippen LogP contribution >= 0.6 is 0 Å². The molecule has 0 fully saturated rings. The number of ether oxygens (including phenoxy) is 1. The lowest BCUT2D eigenvalue weighted by Crippen LogP contribution is -2.39. The van der Waals surface area contributed by atoms with Crippen molar-refractivity contribution in [3.8, 4) is 0 Å². The molecular formula is C7H11N5O3. The van der Waals surface area contributed by atoms with E-state index >= 15 is 0 Å². The Morgan fingerprint density at radius 2 is 2.27 bits per heavy atom. The molecule has 4 N–H and O–H groups in total. The summed E-state index contributed by atoms with van der Waals surface area (Å²) in [4.78, 5) is 26.0. The van der Waals surface area contributed by atoms with Crippen molar-refractivity contribution in [2.24, 2.45) is 0 Å². The van der Waals surface area contributed by atoms with Crippen LogP contribution < -0.4 is 11.1 Å². The first kappa shape index (κ1) is 11.0. The van der Waals surface area contributed by atoms with E-state index in [9.17, 15) is 9.59 Å². The summed E-state index contributed by atoms with van der Waals surface area (Å²) >= 11 is 0. The Hall–Kier alpha value is -2.12. The van der Waals surface area contributed by atoms with Gasteiger partial charge in [0.2, 0.25) is 11.8 Å². The number of anilines is 1. The number of amides is 1. The van der Waals surface area contributed by atoms with Crippen LogP contribution in [0.3, 0.4) is 0 Å². The van der Waals surface area contributed by atoms with E-state index in [2.05, 4.69) is 25.2 Å². The van der Waals surface area contributed by atoms with Gasteiger partial charge in [-0.15, -0.1) is 5.10 Å².